The minimum atomic E-state index is -4.67. The molecular weight excluding hydrogens is 525 g/mol. The zero-order chi connectivity index (χ0) is 26.1. The Hall–Kier alpha value is -2.68. The molecule has 14 heteroatoms. The highest BCUT2D eigenvalue weighted by atomic mass is 32.2. The molecule has 1 aliphatic rings. The summed E-state index contributed by atoms with van der Waals surface area (Å²) in [6, 6.07) is 4.58. The van der Waals surface area contributed by atoms with E-state index in [2.05, 4.69) is 20.3 Å². The summed E-state index contributed by atoms with van der Waals surface area (Å²) in [5, 5.41) is 3.17. The summed E-state index contributed by atoms with van der Waals surface area (Å²) in [6.45, 7) is 1.60. The summed E-state index contributed by atoms with van der Waals surface area (Å²) in [5.41, 5.74) is 0.921. The van der Waals surface area contributed by atoms with Gasteiger partial charge in [-0.05, 0) is 13.0 Å². The van der Waals surface area contributed by atoms with Gasteiger partial charge < -0.3 is 9.87 Å². The van der Waals surface area contributed by atoms with Crippen molar-refractivity contribution in [2.75, 3.05) is 13.1 Å². The van der Waals surface area contributed by atoms with Crippen molar-refractivity contribution in [3.05, 3.63) is 58.6 Å². The lowest BCUT2D eigenvalue weighted by Crippen LogP contribution is -2.42. The summed E-state index contributed by atoms with van der Waals surface area (Å²) in [7, 11) is 0. The van der Waals surface area contributed by atoms with Gasteiger partial charge in [0, 0.05) is 71.7 Å². The fourth-order valence-electron chi connectivity index (χ4n) is 3.45. The molecule has 0 radical (unpaired) electrons. The van der Waals surface area contributed by atoms with E-state index in [1.54, 1.807) is 18.3 Å². The van der Waals surface area contributed by atoms with Crippen LogP contribution in [0.1, 0.15) is 39.5 Å². The van der Waals surface area contributed by atoms with Crippen LogP contribution in [0.15, 0.2) is 41.7 Å². The Morgan fingerprint density at radius 3 is 2.39 bits per heavy atom. The lowest BCUT2D eigenvalue weighted by Gasteiger charge is -2.31. The SMILES string of the molecule is Cc1cnc(-c2cc(C(=O)NCc3cnc(C(F)(F)F)nc3)cc([S+]([O-])N3CCC(F)(F)CC3)c2)s1. The van der Waals surface area contributed by atoms with E-state index in [1.807, 2.05) is 6.92 Å². The van der Waals surface area contributed by atoms with E-state index < -0.39 is 48.0 Å². The molecule has 36 heavy (non-hydrogen) atoms. The molecule has 1 aromatic carbocycles. The highest BCUT2D eigenvalue weighted by molar-refractivity contribution is 7.89. The van der Waals surface area contributed by atoms with Crippen molar-refractivity contribution < 1.29 is 31.3 Å². The normalized spacial score (nSPS) is 17.1. The lowest BCUT2D eigenvalue weighted by molar-refractivity contribution is -0.145. The Morgan fingerprint density at radius 2 is 1.81 bits per heavy atom. The maximum atomic E-state index is 13.6. The maximum Gasteiger partial charge on any atom is 0.451 e. The van der Waals surface area contributed by atoms with Crippen LogP contribution in [0.25, 0.3) is 10.6 Å². The molecule has 1 aliphatic heterocycles. The quantitative estimate of drug-likeness (QED) is 0.359. The zero-order valence-electron chi connectivity index (χ0n) is 18.8. The van der Waals surface area contributed by atoms with Crippen LogP contribution in [0, 0.1) is 6.92 Å². The largest absolute Gasteiger partial charge is 0.593 e. The molecule has 192 valence electrons. The average molecular weight is 546 g/mol. The van der Waals surface area contributed by atoms with Crippen molar-refractivity contribution in [2.24, 2.45) is 0 Å². The number of benzene rings is 1. The van der Waals surface area contributed by atoms with Crippen molar-refractivity contribution in [2.45, 2.75) is 43.3 Å². The second-order valence-corrected chi connectivity index (χ2v) is 10.9. The number of nitrogens with one attached hydrogen (secondary N) is 1. The van der Waals surface area contributed by atoms with Gasteiger partial charge >= 0.3 is 6.18 Å². The van der Waals surface area contributed by atoms with E-state index in [4.69, 9.17) is 0 Å². The number of alkyl halides is 5. The molecule has 1 saturated heterocycles. The van der Waals surface area contributed by atoms with Gasteiger partial charge in [-0.2, -0.15) is 13.2 Å². The summed E-state index contributed by atoms with van der Waals surface area (Å²) in [6.07, 6.45) is -1.90. The molecule has 0 bridgehead atoms. The van der Waals surface area contributed by atoms with Crippen LogP contribution < -0.4 is 5.32 Å². The minimum absolute atomic E-state index is 0.0599. The third-order valence-corrected chi connectivity index (χ3v) is 7.77. The predicted octanol–water partition coefficient (Wildman–Crippen LogP) is 4.61. The first kappa shape index (κ1) is 26.4. The van der Waals surface area contributed by atoms with E-state index in [1.165, 1.54) is 21.7 Å². The van der Waals surface area contributed by atoms with Gasteiger partial charge in [0.1, 0.15) is 5.01 Å². The van der Waals surface area contributed by atoms with E-state index in [0.29, 0.717) is 10.6 Å². The molecule has 3 aromatic rings. The van der Waals surface area contributed by atoms with Crippen molar-refractivity contribution in [3.63, 3.8) is 0 Å². The highest BCUT2D eigenvalue weighted by Gasteiger charge is 2.39. The van der Waals surface area contributed by atoms with E-state index in [-0.39, 0.29) is 35.7 Å². The standard InChI is InChI=1S/C22H20F5N5O2S2/c1-13-9-29-19(35-13)16-6-15(7-17(8-16)36(34)32-4-2-21(23,24)3-5-32)18(33)28-10-14-11-30-20(31-12-14)22(25,26)27/h6-9,11-12H,2-5,10H2,1H3,(H,28,33). The molecule has 3 heterocycles. The molecule has 1 amide bonds. The minimum Gasteiger partial charge on any atom is -0.593 e. The Balaban J connectivity index is 1.55. The van der Waals surface area contributed by atoms with Gasteiger partial charge in [0.05, 0.1) is 24.5 Å². The number of halogens is 5. The number of carbonyl (C=O) groups is 1. The van der Waals surface area contributed by atoms with Crippen molar-refractivity contribution in [1.29, 1.82) is 0 Å². The predicted molar refractivity (Wildman–Crippen MR) is 123 cm³/mol. The Bertz CT molecular complexity index is 1230. The number of aromatic nitrogens is 3. The first-order valence-corrected chi connectivity index (χ1v) is 12.6. The van der Waals surface area contributed by atoms with Gasteiger partial charge in [-0.25, -0.2) is 23.7 Å². The number of hydrogen-bond acceptors (Lipinski definition) is 7. The molecular formula is C22H20F5N5O2S2. The average Bonchev–Trinajstić information content (AvgIpc) is 3.28. The number of hydrogen-bond donors (Lipinski definition) is 1. The van der Waals surface area contributed by atoms with Crippen LogP contribution in [-0.2, 0) is 24.1 Å². The number of piperidine rings is 1. The number of carbonyl (C=O) groups excluding carboxylic acids is 1. The first-order chi connectivity index (χ1) is 16.9. The fraction of sp³-hybridized carbons (Fsp3) is 0.364. The van der Waals surface area contributed by atoms with Crippen molar-refractivity contribution in [3.8, 4) is 10.6 Å². The Kier molecular flexibility index (Phi) is 7.59. The highest BCUT2D eigenvalue weighted by Crippen LogP contribution is 2.33. The molecule has 1 fully saturated rings. The summed E-state index contributed by atoms with van der Waals surface area (Å²) in [4.78, 5) is 24.9. The fourth-order valence-corrected chi connectivity index (χ4v) is 5.47. The maximum absolute atomic E-state index is 13.6. The number of aryl methyl sites for hydroxylation is 1. The number of rotatable bonds is 6. The summed E-state index contributed by atoms with van der Waals surface area (Å²) < 4.78 is 79.7. The topological polar surface area (TPSA) is 94.1 Å². The van der Waals surface area contributed by atoms with Crippen LogP contribution >= 0.6 is 11.3 Å². The number of amides is 1. The van der Waals surface area contributed by atoms with Crippen molar-refractivity contribution >= 4 is 28.6 Å². The smallest absolute Gasteiger partial charge is 0.451 e. The monoisotopic (exact) mass is 545 g/mol. The van der Waals surface area contributed by atoms with Gasteiger partial charge in [-0.3, -0.25) is 4.79 Å². The zero-order valence-corrected chi connectivity index (χ0v) is 20.4. The van der Waals surface area contributed by atoms with E-state index >= 15 is 0 Å². The molecule has 2 aromatic heterocycles. The molecule has 1 unspecified atom stereocenters. The number of thiazole rings is 1. The van der Waals surface area contributed by atoms with Crippen LogP contribution in [0.3, 0.4) is 0 Å². The summed E-state index contributed by atoms with van der Waals surface area (Å²) >= 11 is -0.420. The van der Waals surface area contributed by atoms with Gasteiger partial charge in [-0.1, -0.05) is 0 Å². The molecule has 1 N–H and O–H groups in total. The molecule has 7 nitrogen and oxygen atoms in total. The Labute approximate surface area is 210 Å². The molecule has 0 saturated carbocycles. The lowest BCUT2D eigenvalue weighted by atomic mass is 10.1. The van der Waals surface area contributed by atoms with Crippen LogP contribution in [0.2, 0.25) is 0 Å². The van der Waals surface area contributed by atoms with Gasteiger partial charge in [0.2, 0.25) is 5.82 Å². The third kappa shape index (κ3) is 6.35. The van der Waals surface area contributed by atoms with Crippen LogP contribution in [0.4, 0.5) is 22.0 Å². The first-order valence-electron chi connectivity index (χ1n) is 10.7. The molecule has 4 rings (SSSR count). The number of nitrogens with zero attached hydrogens (tertiary/aromatic N) is 4. The molecule has 0 aliphatic carbocycles. The second-order valence-electron chi connectivity index (χ2n) is 8.15. The molecule has 0 spiro atoms. The summed E-state index contributed by atoms with van der Waals surface area (Å²) in [5.74, 6) is -4.66. The Morgan fingerprint density at radius 1 is 1.14 bits per heavy atom. The third-order valence-electron chi connectivity index (χ3n) is 5.34. The van der Waals surface area contributed by atoms with Crippen LogP contribution in [0.5, 0.6) is 0 Å². The van der Waals surface area contributed by atoms with E-state index in [9.17, 15) is 31.3 Å². The van der Waals surface area contributed by atoms with Crippen molar-refractivity contribution in [1.82, 2.24) is 24.6 Å². The van der Waals surface area contributed by atoms with E-state index in [0.717, 1.165) is 17.3 Å². The van der Waals surface area contributed by atoms with Gasteiger partial charge in [-0.15, -0.1) is 15.6 Å². The second kappa shape index (κ2) is 10.4. The van der Waals surface area contributed by atoms with Gasteiger partial charge in [0.25, 0.3) is 11.8 Å². The molecule has 1 atom stereocenters. The van der Waals surface area contributed by atoms with Gasteiger partial charge in [0.15, 0.2) is 4.90 Å². The van der Waals surface area contributed by atoms with Crippen LogP contribution in [-0.4, -0.2) is 48.7 Å².